The van der Waals surface area contributed by atoms with Gasteiger partial charge in [0.05, 0.1) is 12.2 Å². The summed E-state index contributed by atoms with van der Waals surface area (Å²) in [6.07, 6.45) is 0. The smallest absolute Gasteiger partial charge is 0.252 e. The highest BCUT2D eigenvalue weighted by molar-refractivity contribution is 7.91. The van der Waals surface area contributed by atoms with E-state index < -0.39 is 15.9 Å². The first-order valence-corrected chi connectivity index (χ1v) is 6.87. The Bertz CT molecular complexity index is 497. The lowest BCUT2D eigenvalue weighted by Gasteiger charge is -2.03. The van der Waals surface area contributed by atoms with E-state index in [0.717, 1.165) is 11.3 Å². The number of aryl methyl sites for hydroxylation is 1. The molecule has 0 aromatic carbocycles. The van der Waals surface area contributed by atoms with Crippen molar-refractivity contribution in [1.82, 2.24) is 15.0 Å². The molecular weight excluding hydrogens is 274 g/mol. The second-order valence-electron chi connectivity index (χ2n) is 2.84. The fourth-order valence-corrected chi connectivity index (χ4v) is 3.68. The Balaban J connectivity index is 2.86. The van der Waals surface area contributed by atoms with Crippen LogP contribution in [0.1, 0.15) is 5.69 Å². The lowest BCUT2D eigenvalue weighted by atomic mass is 10.6. The van der Waals surface area contributed by atoms with Crippen molar-refractivity contribution in [2.45, 2.75) is 11.1 Å². The van der Waals surface area contributed by atoms with Crippen LogP contribution in [-0.4, -0.2) is 32.9 Å². The van der Waals surface area contributed by atoms with Gasteiger partial charge in [-0.05, 0) is 6.92 Å². The molecule has 90 valence electrons. The Morgan fingerprint density at radius 3 is 2.62 bits per heavy atom. The highest BCUT2D eigenvalue weighted by atomic mass is 35.5. The summed E-state index contributed by atoms with van der Waals surface area (Å²) in [5, 5.41) is 2.30. The predicted molar refractivity (Wildman–Crippen MR) is 61.1 cm³/mol. The molecule has 1 heterocycles. The van der Waals surface area contributed by atoms with E-state index in [4.69, 9.17) is 11.6 Å². The average Bonchev–Trinajstić information content (AvgIpc) is 2.55. The third kappa shape index (κ3) is 3.14. The third-order valence-corrected chi connectivity index (χ3v) is 4.95. The summed E-state index contributed by atoms with van der Waals surface area (Å²) in [5.74, 6) is -0.420. The van der Waals surface area contributed by atoms with E-state index in [9.17, 15) is 13.2 Å². The van der Waals surface area contributed by atoms with Crippen molar-refractivity contribution in [2.75, 3.05) is 13.6 Å². The van der Waals surface area contributed by atoms with Crippen molar-refractivity contribution in [2.24, 2.45) is 0 Å². The number of likely N-dealkylation sites (N-methyl/N-ethyl adjacent to an activating group) is 1. The van der Waals surface area contributed by atoms with Crippen LogP contribution in [0, 0.1) is 6.92 Å². The van der Waals surface area contributed by atoms with E-state index in [-0.39, 0.29) is 15.2 Å². The quantitative estimate of drug-likeness (QED) is 0.822. The first kappa shape index (κ1) is 13.4. The number of carbonyl (C=O) groups is 1. The van der Waals surface area contributed by atoms with Crippen LogP contribution < -0.4 is 10.0 Å². The summed E-state index contributed by atoms with van der Waals surface area (Å²) in [4.78, 5) is 14.7. The molecule has 0 aliphatic heterocycles. The summed E-state index contributed by atoms with van der Waals surface area (Å²) >= 11 is 6.45. The van der Waals surface area contributed by atoms with E-state index >= 15 is 0 Å². The second kappa shape index (κ2) is 5.09. The van der Waals surface area contributed by atoms with Gasteiger partial charge in [0.1, 0.15) is 0 Å². The highest BCUT2D eigenvalue weighted by Gasteiger charge is 2.21. The SMILES string of the molecule is CNC(=O)CNS(=O)(=O)c1sc(Cl)nc1C. The van der Waals surface area contributed by atoms with Gasteiger partial charge >= 0.3 is 0 Å². The number of halogens is 1. The van der Waals surface area contributed by atoms with Gasteiger partial charge in [0.2, 0.25) is 5.91 Å². The zero-order chi connectivity index (χ0) is 12.3. The summed E-state index contributed by atoms with van der Waals surface area (Å²) in [5.41, 5.74) is 0.319. The second-order valence-corrected chi connectivity index (χ2v) is 6.38. The number of aromatic nitrogens is 1. The molecule has 0 saturated carbocycles. The first-order valence-electron chi connectivity index (χ1n) is 4.20. The van der Waals surface area contributed by atoms with Crippen LogP contribution in [0.3, 0.4) is 0 Å². The number of carbonyl (C=O) groups excluding carboxylic acids is 1. The van der Waals surface area contributed by atoms with Crippen molar-refractivity contribution >= 4 is 38.9 Å². The molecule has 0 fully saturated rings. The fraction of sp³-hybridized carbons (Fsp3) is 0.429. The van der Waals surface area contributed by atoms with Crippen LogP contribution in [-0.2, 0) is 14.8 Å². The van der Waals surface area contributed by atoms with Gasteiger partial charge in [0.25, 0.3) is 10.0 Å². The fourth-order valence-electron chi connectivity index (χ4n) is 0.914. The van der Waals surface area contributed by atoms with Gasteiger partial charge in [-0.1, -0.05) is 22.9 Å². The lowest BCUT2D eigenvalue weighted by Crippen LogP contribution is -2.35. The van der Waals surface area contributed by atoms with E-state index in [1.165, 1.54) is 14.0 Å². The van der Waals surface area contributed by atoms with Gasteiger partial charge in [-0.3, -0.25) is 4.79 Å². The van der Waals surface area contributed by atoms with Crippen LogP contribution in [0.5, 0.6) is 0 Å². The molecule has 2 N–H and O–H groups in total. The number of hydrogen-bond donors (Lipinski definition) is 2. The first-order chi connectivity index (χ1) is 7.36. The monoisotopic (exact) mass is 283 g/mol. The molecular formula is C7H10ClN3O3S2. The van der Waals surface area contributed by atoms with Crippen molar-refractivity contribution in [1.29, 1.82) is 0 Å². The molecule has 0 aliphatic rings. The number of sulfonamides is 1. The van der Waals surface area contributed by atoms with E-state index in [1.807, 2.05) is 0 Å². The van der Waals surface area contributed by atoms with Crippen LogP contribution in [0.25, 0.3) is 0 Å². The molecule has 9 heteroatoms. The minimum atomic E-state index is -3.71. The van der Waals surface area contributed by atoms with Gasteiger partial charge in [-0.25, -0.2) is 18.1 Å². The van der Waals surface area contributed by atoms with Crippen LogP contribution in [0.15, 0.2) is 4.21 Å². The largest absolute Gasteiger partial charge is 0.358 e. The van der Waals surface area contributed by atoms with Gasteiger partial charge in [-0.15, -0.1) is 0 Å². The zero-order valence-electron chi connectivity index (χ0n) is 8.57. The number of thiazole rings is 1. The maximum atomic E-state index is 11.7. The average molecular weight is 284 g/mol. The molecule has 0 unspecified atom stereocenters. The van der Waals surface area contributed by atoms with E-state index in [0.29, 0.717) is 5.69 Å². The molecule has 0 spiro atoms. The summed E-state index contributed by atoms with van der Waals surface area (Å²) in [6, 6.07) is 0. The lowest BCUT2D eigenvalue weighted by molar-refractivity contribution is -0.119. The van der Waals surface area contributed by atoms with Gasteiger partial charge in [0.15, 0.2) is 8.68 Å². The Morgan fingerprint density at radius 1 is 1.56 bits per heavy atom. The van der Waals surface area contributed by atoms with Gasteiger partial charge in [0, 0.05) is 7.05 Å². The Labute approximate surface area is 102 Å². The molecule has 0 radical (unpaired) electrons. The number of amides is 1. The van der Waals surface area contributed by atoms with Gasteiger partial charge < -0.3 is 5.32 Å². The minimum Gasteiger partial charge on any atom is -0.358 e. The maximum Gasteiger partial charge on any atom is 0.252 e. The van der Waals surface area contributed by atoms with Gasteiger partial charge in [-0.2, -0.15) is 0 Å². The minimum absolute atomic E-state index is 0.0291. The van der Waals surface area contributed by atoms with E-state index in [1.54, 1.807) is 0 Å². The Kier molecular flexibility index (Phi) is 4.25. The summed E-state index contributed by atoms with van der Waals surface area (Å²) in [6.45, 7) is 1.23. The normalized spacial score (nSPS) is 11.4. The molecule has 1 amide bonds. The molecule has 16 heavy (non-hydrogen) atoms. The molecule has 0 saturated heterocycles. The van der Waals surface area contributed by atoms with Crippen LogP contribution in [0.2, 0.25) is 4.47 Å². The van der Waals surface area contributed by atoms with Crippen LogP contribution in [0.4, 0.5) is 0 Å². The highest BCUT2D eigenvalue weighted by Crippen LogP contribution is 2.26. The summed E-state index contributed by atoms with van der Waals surface area (Å²) < 4.78 is 25.7. The summed E-state index contributed by atoms with van der Waals surface area (Å²) in [7, 11) is -2.29. The molecule has 0 atom stereocenters. The van der Waals surface area contributed by atoms with Crippen molar-refractivity contribution in [3.05, 3.63) is 10.2 Å². The van der Waals surface area contributed by atoms with E-state index in [2.05, 4.69) is 15.0 Å². The van der Waals surface area contributed by atoms with Crippen molar-refractivity contribution < 1.29 is 13.2 Å². The molecule has 0 aliphatic carbocycles. The Morgan fingerprint density at radius 2 is 2.19 bits per heavy atom. The van der Waals surface area contributed by atoms with Crippen molar-refractivity contribution in [3.63, 3.8) is 0 Å². The topological polar surface area (TPSA) is 88.2 Å². The number of nitrogens with one attached hydrogen (secondary N) is 2. The third-order valence-electron chi connectivity index (χ3n) is 1.67. The number of nitrogens with zero attached hydrogens (tertiary/aromatic N) is 1. The number of hydrogen-bond acceptors (Lipinski definition) is 5. The standard InChI is InChI=1S/C7H10ClN3O3S2/c1-4-6(15-7(8)11-4)16(13,14)10-3-5(12)9-2/h10H,3H2,1-2H3,(H,9,12). The van der Waals surface area contributed by atoms with Crippen molar-refractivity contribution in [3.8, 4) is 0 Å². The molecule has 1 aromatic rings. The Hall–Kier alpha value is -0.700. The molecule has 1 aromatic heterocycles. The molecule has 6 nitrogen and oxygen atoms in total. The predicted octanol–water partition coefficient (Wildman–Crippen LogP) is 0.129. The van der Waals surface area contributed by atoms with Crippen LogP contribution >= 0.6 is 22.9 Å². The zero-order valence-corrected chi connectivity index (χ0v) is 11.0. The molecule has 1 rings (SSSR count). The maximum absolute atomic E-state index is 11.7. The number of rotatable bonds is 4. The molecule has 0 bridgehead atoms.